The first-order valence-electron chi connectivity index (χ1n) is 6.85. The molecule has 0 aliphatic carbocycles. The average Bonchev–Trinajstić information content (AvgIpc) is 2.94. The minimum atomic E-state index is -0.248. The zero-order chi connectivity index (χ0) is 15.8. The first-order valence-corrected chi connectivity index (χ1v) is 7.65. The molecule has 4 aromatic rings. The molecule has 6 nitrogen and oxygen atoms in total. The molecule has 0 saturated heterocycles. The van der Waals surface area contributed by atoms with Crippen LogP contribution in [0.25, 0.3) is 21.9 Å². The van der Waals surface area contributed by atoms with Crippen LogP contribution >= 0.6 is 15.9 Å². The SMILES string of the molecule is O=c1c2[nH]c3ccc(Br)cc3c2ncn1/N=C/c1cccnc1. The Morgan fingerprint density at radius 2 is 2.22 bits per heavy atom. The van der Waals surface area contributed by atoms with E-state index in [1.165, 1.54) is 11.0 Å². The number of pyridine rings is 1. The van der Waals surface area contributed by atoms with Gasteiger partial charge in [0.1, 0.15) is 17.4 Å². The van der Waals surface area contributed by atoms with Gasteiger partial charge in [-0.3, -0.25) is 9.78 Å². The highest BCUT2D eigenvalue weighted by Crippen LogP contribution is 2.24. The molecule has 3 aromatic heterocycles. The Kier molecular flexibility index (Phi) is 3.27. The summed E-state index contributed by atoms with van der Waals surface area (Å²) in [6.45, 7) is 0. The maximum absolute atomic E-state index is 12.6. The summed E-state index contributed by atoms with van der Waals surface area (Å²) in [5.41, 5.74) is 2.49. The van der Waals surface area contributed by atoms with Crippen molar-refractivity contribution < 1.29 is 0 Å². The molecule has 4 rings (SSSR count). The van der Waals surface area contributed by atoms with Crippen molar-refractivity contribution in [1.29, 1.82) is 0 Å². The molecule has 3 heterocycles. The highest BCUT2D eigenvalue weighted by molar-refractivity contribution is 9.10. The number of nitrogens with one attached hydrogen (secondary N) is 1. The molecule has 112 valence electrons. The third kappa shape index (κ3) is 2.44. The number of fused-ring (bicyclic) bond motifs is 3. The Morgan fingerprint density at radius 1 is 1.30 bits per heavy atom. The predicted molar refractivity (Wildman–Crippen MR) is 92.8 cm³/mol. The van der Waals surface area contributed by atoms with Crippen molar-refractivity contribution >= 4 is 44.1 Å². The van der Waals surface area contributed by atoms with Crippen molar-refractivity contribution in [2.75, 3.05) is 0 Å². The van der Waals surface area contributed by atoms with Crippen LogP contribution in [0.2, 0.25) is 0 Å². The highest BCUT2D eigenvalue weighted by atomic mass is 79.9. The number of H-pyrrole nitrogens is 1. The summed E-state index contributed by atoms with van der Waals surface area (Å²) in [6, 6.07) is 9.42. The fourth-order valence-corrected chi connectivity index (χ4v) is 2.74. The van der Waals surface area contributed by atoms with Gasteiger partial charge in [0.25, 0.3) is 5.56 Å². The molecular weight excluding hydrogens is 358 g/mol. The Morgan fingerprint density at radius 3 is 3.04 bits per heavy atom. The molecule has 0 radical (unpaired) electrons. The van der Waals surface area contributed by atoms with Gasteiger partial charge < -0.3 is 4.98 Å². The Bertz CT molecular complexity index is 1100. The molecule has 0 amide bonds. The lowest BCUT2D eigenvalue weighted by atomic mass is 10.2. The Balaban J connectivity index is 1.87. The van der Waals surface area contributed by atoms with E-state index < -0.39 is 0 Å². The first kappa shape index (κ1) is 13.8. The monoisotopic (exact) mass is 367 g/mol. The fraction of sp³-hybridized carbons (Fsp3) is 0. The summed E-state index contributed by atoms with van der Waals surface area (Å²) < 4.78 is 2.14. The number of hydrogen-bond donors (Lipinski definition) is 1. The van der Waals surface area contributed by atoms with Gasteiger partial charge in [-0.25, -0.2) is 4.98 Å². The normalized spacial score (nSPS) is 11.7. The van der Waals surface area contributed by atoms with Crippen LogP contribution in [-0.2, 0) is 0 Å². The van der Waals surface area contributed by atoms with Crippen LogP contribution < -0.4 is 5.56 Å². The van der Waals surface area contributed by atoms with Crippen molar-refractivity contribution in [1.82, 2.24) is 19.6 Å². The molecular formula is C16H10BrN5O. The molecule has 0 aliphatic rings. The number of rotatable bonds is 2. The molecule has 1 aromatic carbocycles. The van der Waals surface area contributed by atoms with Gasteiger partial charge in [-0.2, -0.15) is 9.78 Å². The molecule has 1 N–H and O–H groups in total. The smallest absolute Gasteiger partial charge is 0.298 e. The number of aromatic amines is 1. The van der Waals surface area contributed by atoms with E-state index in [0.717, 1.165) is 20.9 Å². The summed E-state index contributed by atoms with van der Waals surface area (Å²) >= 11 is 3.43. The van der Waals surface area contributed by atoms with Crippen LogP contribution in [0, 0.1) is 0 Å². The molecule has 0 unspecified atom stereocenters. The van der Waals surface area contributed by atoms with Gasteiger partial charge in [0.05, 0.1) is 6.21 Å². The van der Waals surface area contributed by atoms with E-state index in [-0.39, 0.29) is 5.56 Å². The van der Waals surface area contributed by atoms with Crippen molar-refractivity contribution in [2.45, 2.75) is 0 Å². The third-order valence-electron chi connectivity index (χ3n) is 3.47. The Hall–Kier alpha value is -2.80. The van der Waals surface area contributed by atoms with Crippen molar-refractivity contribution in [3.8, 4) is 0 Å². The van der Waals surface area contributed by atoms with E-state index in [1.54, 1.807) is 24.7 Å². The second-order valence-corrected chi connectivity index (χ2v) is 5.88. The van der Waals surface area contributed by atoms with E-state index in [1.807, 2.05) is 24.3 Å². The lowest BCUT2D eigenvalue weighted by Crippen LogP contribution is -2.17. The van der Waals surface area contributed by atoms with E-state index in [2.05, 4.69) is 36.0 Å². The second kappa shape index (κ2) is 5.44. The van der Waals surface area contributed by atoms with Crippen LogP contribution in [0.1, 0.15) is 5.56 Å². The lowest BCUT2D eigenvalue weighted by Gasteiger charge is -1.97. The van der Waals surface area contributed by atoms with E-state index in [4.69, 9.17) is 0 Å². The van der Waals surface area contributed by atoms with Crippen molar-refractivity contribution in [3.63, 3.8) is 0 Å². The molecule has 0 atom stereocenters. The van der Waals surface area contributed by atoms with Crippen LogP contribution in [0.4, 0.5) is 0 Å². The van der Waals surface area contributed by atoms with Gasteiger partial charge in [-0.1, -0.05) is 22.0 Å². The summed E-state index contributed by atoms with van der Waals surface area (Å²) in [5.74, 6) is 0. The molecule has 0 saturated carbocycles. The number of hydrogen-bond acceptors (Lipinski definition) is 4. The van der Waals surface area contributed by atoms with Gasteiger partial charge >= 0.3 is 0 Å². The third-order valence-corrected chi connectivity index (χ3v) is 3.96. The standard InChI is InChI=1S/C16H10BrN5O/c17-11-3-4-13-12(6-11)14-15(21-13)16(23)22(9-19-14)20-8-10-2-1-5-18-7-10/h1-9,21H/b20-8+. The molecule has 0 fully saturated rings. The predicted octanol–water partition coefficient (Wildman–Crippen LogP) is 2.92. The maximum Gasteiger partial charge on any atom is 0.298 e. The highest BCUT2D eigenvalue weighted by Gasteiger charge is 2.10. The quantitative estimate of drug-likeness (QED) is 0.553. The molecule has 7 heteroatoms. The summed E-state index contributed by atoms with van der Waals surface area (Å²) in [6.07, 6.45) is 6.34. The van der Waals surface area contributed by atoms with Gasteiger partial charge in [0, 0.05) is 33.3 Å². The number of halogens is 1. The maximum atomic E-state index is 12.6. The van der Waals surface area contributed by atoms with E-state index >= 15 is 0 Å². The van der Waals surface area contributed by atoms with E-state index in [0.29, 0.717) is 11.0 Å². The lowest BCUT2D eigenvalue weighted by molar-refractivity contribution is 0.815. The minimum Gasteiger partial charge on any atom is -0.349 e. The fourth-order valence-electron chi connectivity index (χ4n) is 2.38. The molecule has 0 spiro atoms. The van der Waals surface area contributed by atoms with Crippen LogP contribution in [0.3, 0.4) is 0 Å². The number of nitrogens with zero attached hydrogens (tertiary/aromatic N) is 4. The summed E-state index contributed by atoms with van der Waals surface area (Å²) in [5, 5.41) is 5.06. The minimum absolute atomic E-state index is 0.248. The van der Waals surface area contributed by atoms with E-state index in [9.17, 15) is 4.79 Å². The zero-order valence-electron chi connectivity index (χ0n) is 11.8. The van der Waals surface area contributed by atoms with Crippen LogP contribution in [-0.4, -0.2) is 25.8 Å². The molecule has 0 bridgehead atoms. The van der Waals surface area contributed by atoms with Gasteiger partial charge in [0.15, 0.2) is 0 Å². The van der Waals surface area contributed by atoms with Gasteiger partial charge in [-0.05, 0) is 24.3 Å². The average molecular weight is 368 g/mol. The summed E-state index contributed by atoms with van der Waals surface area (Å²) in [7, 11) is 0. The topological polar surface area (TPSA) is 75.9 Å². The Labute approximate surface area is 138 Å². The second-order valence-electron chi connectivity index (χ2n) is 4.96. The van der Waals surface area contributed by atoms with Crippen LogP contribution in [0.15, 0.2) is 63.4 Å². The van der Waals surface area contributed by atoms with Gasteiger partial charge in [0.2, 0.25) is 0 Å². The van der Waals surface area contributed by atoms with Crippen molar-refractivity contribution in [2.24, 2.45) is 5.10 Å². The number of aromatic nitrogens is 4. The van der Waals surface area contributed by atoms with Gasteiger partial charge in [-0.15, -0.1) is 0 Å². The molecule has 0 aliphatic heterocycles. The summed E-state index contributed by atoms with van der Waals surface area (Å²) in [4.78, 5) is 24.0. The van der Waals surface area contributed by atoms with Crippen molar-refractivity contribution in [3.05, 3.63) is 69.4 Å². The number of benzene rings is 1. The largest absolute Gasteiger partial charge is 0.349 e. The first-order chi connectivity index (χ1) is 11.2. The molecule has 23 heavy (non-hydrogen) atoms. The van der Waals surface area contributed by atoms with Crippen LogP contribution in [0.5, 0.6) is 0 Å². The zero-order valence-corrected chi connectivity index (χ0v) is 13.4.